The van der Waals surface area contributed by atoms with Crippen molar-refractivity contribution in [1.82, 2.24) is 9.88 Å². The Labute approximate surface area is 117 Å². The van der Waals surface area contributed by atoms with Gasteiger partial charge in [-0.1, -0.05) is 18.2 Å². The van der Waals surface area contributed by atoms with Gasteiger partial charge in [0.25, 0.3) is 5.91 Å². The molecule has 0 spiro atoms. The highest BCUT2D eigenvalue weighted by molar-refractivity contribution is 6.21. The molecule has 1 amide bonds. The first-order chi connectivity index (χ1) is 9.15. The molecule has 1 aliphatic rings. The van der Waals surface area contributed by atoms with Gasteiger partial charge in [-0.3, -0.25) is 9.78 Å². The van der Waals surface area contributed by atoms with Crippen molar-refractivity contribution in [1.29, 1.82) is 0 Å². The largest absolute Gasteiger partial charge is 0.337 e. The average molecular weight is 275 g/mol. The lowest BCUT2D eigenvalue weighted by Crippen LogP contribution is -2.29. The number of alkyl halides is 1. The molecule has 1 atom stereocenters. The van der Waals surface area contributed by atoms with Gasteiger partial charge in [-0.05, 0) is 25.5 Å². The number of para-hydroxylation sites is 1. The number of halogens is 1. The molecule has 1 aromatic carbocycles. The van der Waals surface area contributed by atoms with Crippen LogP contribution in [-0.2, 0) is 0 Å². The highest BCUT2D eigenvalue weighted by Gasteiger charge is 2.26. The van der Waals surface area contributed by atoms with Gasteiger partial charge in [-0.25, -0.2) is 0 Å². The van der Waals surface area contributed by atoms with Crippen molar-refractivity contribution < 1.29 is 4.79 Å². The van der Waals surface area contributed by atoms with Crippen LogP contribution in [0.2, 0.25) is 0 Å². The van der Waals surface area contributed by atoms with Crippen LogP contribution in [0.15, 0.2) is 30.3 Å². The first-order valence-electron chi connectivity index (χ1n) is 6.45. The van der Waals surface area contributed by atoms with E-state index in [2.05, 4.69) is 4.98 Å². The summed E-state index contributed by atoms with van der Waals surface area (Å²) in [5, 5.41) is 0.995. The maximum absolute atomic E-state index is 12.6. The van der Waals surface area contributed by atoms with Gasteiger partial charge in [-0.2, -0.15) is 0 Å². The number of hydrogen-bond donors (Lipinski definition) is 0. The Bertz CT molecular complexity index is 641. The fourth-order valence-electron chi connectivity index (χ4n) is 2.56. The van der Waals surface area contributed by atoms with Crippen LogP contribution in [0.4, 0.5) is 0 Å². The number of benzene rings is 1. The number of rotatable bonds is 1. The smallest absolute Gasteiger partial charge is 0.254 e. The first-order valence-corrected chi connectivity index (χ1v) is 6.88. The third-order valence-corrected chi connectivity index (χ3v) is 3.85. The second-order valence-corrected chi connectivity index (χ2v) is 5.58. The molecule has 0 N–H and O–H groups in total. The average Bonchev–Trinajstić information content (AvgIpc) is 2.83. The van der Waals surface area contributed by atoms with Crippen molar-refractivity contribution in [2.24, 2.45) is 0 Å². The Morgan fingerprint density at radius 2 is 2.21 bits per heavy atom. The third kappa shape index (κ3) is 2.30. The second kappa shape index (κ2) is 4.82. The van der Waals surface area contributed by atoms with E-state index >= 15 is 0 Å². The highest BCUT2D eigenvalue weighted by atomic mass is 35.5. The van der Waals surface area contributed by atoms with E-state index in [0.29, 0.717) is 6.54 Å². The number of aryl methyl sites for hydroxylation is 1. The quantitative estimate of drug-likeness (QED) is 0.749. The van der Waals surface area contributed by atoms with E-state index in [4.69, 9.17) is 11.6 Å². The number of hydrogen-bond acceptors (Lipinski definition) is 2. The van der Waals surface area contributed by atoms with Crippen LogP contribution in [-0.4, -0.2) is 34.3 Å². The third-order valence-electron chi connectivity index (χ3n) is 3.49. The molecule has 0 saturated carbocycles. The van der Waals surface area contributed by atoms with Gasteiger partial charge in [0, 0.05) is 24.2 Å². The van der Waals surface area contributed by atoms with Crippen LogP contribution in [0.1, 0.15) is 22.5 Å². The van der Waals surface area contributed by atoms with Gasteiger partial charge in [0.05, 0.1) is 16.5 Å². The molecule has 1 unspecified atom stereocenters. The van der Waals surface area contributed by atoms with Crippen LogP contribution < -0.4 is 0 Å². The fraction of sp³-hybridized carbons (Fsp3) is 0.333. The summed E-state index contributed by atoms with van der Waals surface area (Å²) in [5.41, 5.74) is 2.46. The van der Waals surface area contributed by atoms with Crippen molar-refractivity contribution >= 4 is 28.4 Å². The molecule has 1 aliphatic heterocycles. The highest BCUT2D eigenvalue weighted by Crippen LogP contribution is 2.23. The fourth-order valence-corrected chi connectivity index (χ4v) is 2.82. The number of amides is 1. The minimum atomic E-state index is 0.0600. The topological polar surface area (TPSA) is 33.2 Å². The van der Waals surface area contributed by atoms with Crippen LogP contribution >= 0.6 is 11.6 Å². The van der Waals surface area contributed by atoms with Crippen molar-refractivity contribution in [2.75, 3.05) is 13.1 Å². The minimum Gasteiger partial charge on any atom is -0.337 e. The standard InChI is InChI=1S/C15H15ClN2O/c1-10-8-13(12-4-2-3-5-14(12)17-10)15(19)18-7-6-11(16)9-18/h2-5,8,11H,6-7,9H2,1H3. The lowest BCUT2D eigenvalue weighted by molar-refractivity contribution is 0.0795. The molecule has 19 heavy (non-hydrogen) atoms. The molecular weight excluding hydrogens is 260 g/mol. The zero-order chi connectivity index (χ0) is 13.4. The molecule has 98 valence electrons. The molecule has 3 nitrogen and oxygen atoms in total. The molecule has 0 radical (unpaired) electrons. The lowest BCUT2D eigenvalue weighted by Gasteiger charge is -2.17. The summed E-state index contributed by atoms with van der Waals surface area (Å²) in [4.78, 5) is 18.9. The first kappa shape index (κ1) is 12.4. The van der Waals surface area contributed by atoms with Gasteiger partial charge in [0.15, 0.2) is 0 Å². The predicted molar refractivity (Wildman–Crippen MR) is 76.6 cm³/mol. The molecule has 4 heteroatoms. The molecule has 0 aliphatic carbocycles. The minimum absolute atomic E-state index is 0.0600. The lowest BCUT2D eigenvalue weighted by atomic mass is 10.1. The predicted octanol–water partition coefficient (Wildman–Crippen LogP) is 3.00. The van der Waals surface area contributed by atoms with Gasteiger partial charge in [0.1, 0.15) is 0 Å². The number of nitrogens with zero attached hydrogens (tertiary/aromatic N) is 2. The Morgan fingerprint density at radius 3 is 2.95 bits per heavy atom. The number of likely N-dealkylation sites (tertiary alicyclic amines) is 1. The maximum Gasteiger partial charge on any atom is 0.254 e. The summed E-state index contributed by atoms with van der Waals surface area (Å²) >= 11 is 6.08. The Morgan fingerprint density at radius 1 is 1.42 bits per heavy atom. The molecule has 0 bridgehead atoms. The summed E-state index contributed by atoms with van der Waals surface area (Å²) in [7, 11) is 0. The summed E-state index contributed by atoms with van der Waals surface area (Å²) in [6.07, 6.45) is 0.870. The van der Waals surface area contributed by atoms with Crippen LogP contribution in [0.25, 0.3) is 10.9 Å². The molecule has 1 aromatic heterocycles. The van der Waals surface area contributed by atoms with Crippen molar-refractivity contribution in [2.45, 2.75) is 18.7 Å². The molecule has 2 aromatic rings. The zero-order valence-corrected chi connectivity index (χ0v) is 11.5. The number of aromatic nitrogens is 1. The van der Waals surface area contributed by atoms with E-state index in [9.17, 15) is 4.79 Å². The summed E-state index contributed by atoms with van der Waals surface area (Å²) in [6.45, 7) is 3.29. The summed E-state index contributed by atoms with van der Waals surface area (Å²) < 4.78 is 0. The molecule has 3 rings (SSSR count). The van der Waals surface area contributed by atoms with E-state index in [1.807, 2.05) is 42.2 Å². The molecule has 1 fully saturated rings. The molecular formula is C15H15ClN2O. The monoisotopic (exact) mass is 274 g/mol. The van der Waals surface area contributed by atoms with E-state index in [1.165, 1.54) is 0 Å². The van der Waals surface area contributed by atoms with Gasteiger partial charge < -0.3 is 4.90 Å². The van der Waals surface area contributed by atoms with Crippen LogP contribution in [0.5, 0.6) is 0 Å². The van der Waals surface area contributed by atoms with Crippen molar-refractivity contribution in [3.8, 4) is 0 Å². The number of fused-ring (bicyclic) bond motifs is 1. The number of carbonyl (C=O) groups is 1. The van der Waals surface area contributed by atoms with Crippen molar-refractivity contribution in [3.63, 3.8) is 0 Å². The van der Waals surface area contributed by atoms with E-state index < -0.39 is 0 Å². The van der Waals surface area contributed by atoms with Crippen LogP contribution in [0.3, 0.4) is 0 Å². The Kier molecular flexibility index (Phi) is 3.15. The van der Waals surface area contributed by atoms with E-state index in [1.54, 1.807) is 0 Å². The normalized spacial score (nSPS) is 19.1. The van der Waals surface area contributed by atoms with E-state index in [0.717, 1.165) is 35.1 Å². The second-order valence-electron chi connectivity index (χ2n) is 4.97. The van der Waals surface area contributed by atoms with Gasteiger partial charge in [-0.15, -0.1) is 11.6 Å². The van der Waals surface area contributed by atoms with Gasteiger partial charge >= 0.3 is 0 Å². The molecule has 1 saturated heterocycles. The summed E-state index contributed by atoms with van der Waals surface area (Å²) in [6, 6.07) is 9.63. The Hall–Kier alpha value is -1.61. The number of carbonyl (C=O) groups excluding carboxylic acids is 1. The van der Waals surface area contributed by atoms with E-state index in [-0.39, 0.29) is 11.3 Å². The van der Waals surface area contributed by atoms with Crippen LogP contribution in [0, 0.1) is 6.92 Å². The van der Waals surface area contributed by atoms with Crippen molar-refractivity contribution in [3.05, 3.63) is 41.6 Å². The number of pyridine rings is 1. The Balaban J connectivity index is 2.06. The van der Waals surface area contributed by atoms with Gasteiger partial charge in [0.2, 0.25) is 0 Å². The molecule has 2 heterocycles. The SMILES string of the molecule is Cc1cc(C(=O)N2CCC(Cl)C2)c2ccccc2n1. The zero-order valence-electron chi connectivity index (χ0n) is 10.8. The maximum atomic E-state index is 12.6. The summed E-state index contributed by atoms with van der Waals surface area (Å²) in [5.74, 6) is 0.0600.